The highest BCUT2D eigenvalue weighted by Gasteiger charge is 2.28. The van der Waals surface area contributed by atoms with Crippen molar-refractivity contribution in [3.05, 3.63) is 0 Å². The van der Waals surface area contributed by atoms with E-state index in [0.29, 0.717) is 6.04 Å². The lowest BCUT2D eigenvalue weighted by Crippen LogP contribution is -2.54. The predicted octanol–water partition coefficient (Wildman–Crippen LogP) is -0.977. The molecule has 4 heteroatoms. The molecule has 0 radical (unpaired) electrons. The van der Waals surface area contributed by atoms with Crippen molar-refractivity contribution in [2.45, 2.75) is 24.9 Å². The summed E-state index contributed by atoms with van der Waals surface area (Å²) in [6, 6.07) is 0.397. The molecule has 1 rings (SSSR count). The minimum atomic E-state index is -0.532. The third-order valence-corrected chi connectivity index (χ3v) is 2.64. The van der Waals surface area contributed by atoms with Crippen molar-refractivity contribution in [2.75, 3.05) is 33.4 Å². The third kappa shape index (κ3) is 2.91. The van der Waals surface area contributed by atoms with Gasteiger partial charge in [0.15, 0.2) is 0 Å². The van der Waals surface area contributed by atoms with Crippen LogP contribution in [-0.2, 0) is 0 Å². The first-order valence-corrected chi connectivity index (χ1v) is 4.77. The van der Waals surface area contributed by atoms with Crippen LogP contribution >= 0.6 is 0 Å². The Morgan fingerprint density at radius 3 is 2.46 bits per heavy atom. The van der Waals surface area contributed by atoms with E-state index in [1.54, 1.807) is 0 Å². The summed E-state index contributed by atoms with van der Waals surface area (Å²) < 4.78 is 0. The maximum atomic E-state index is 9.08. The van der Waals surface area contributed by atoms with Gasteiger partial charge in [0.05, 0.1) is 18.8 Å². The molecular weight excluding hydrogens is 168 g/mol. The topological polar surface area (TPSA) is 55.7 Å². The summed E-state index contributed by atoms with van der Waals surface area (Å²) in [5, 5.41) is 21.4. The second kappa shape index (κ2) is 4.37. The molecule has 0 aromatic heterocycles. The van der Waals surface area contributed by atoms with Crippen LogP contribution in [-0.4, -0.2) is 60.0 Å². The summed E-state index contributed by atoms with van der Waals surface area (Å²) in [6.45, 7) is 3.87. The van der Waals surface area contributed by atoms with Crippen LogP contribution < -0.4 is 5.32 Å². The van der Waals surface area contributed by atoms with Crippen LogP contribution in [0.3, 0.4) is 0 Å². The minimum Gasteiger partial charge on any atom is -0.394 e. The van der Waals surface area contributed by atoms with Gasteiger partial charge >= 0.3 is 0 Å². The minimum absolute atomic E-state index is 0.0241. The second-order valence-corrected chi connectivity index (χ2v) is 4.27. The fourth-order valence-electron chi connectivity index (χ4n) is 1.69. The summed E-state index contributed by atoms with van der Waals surface area (Å²) in [6.07, 6.45) is 1.09. The molecule has 13 heavy (non-hydrogen) atoms. The zero-order valence-corrected chi connectivity index (χ0v) is 8.45. The number of likely N-dealkylation sites (tertiary alicyclic amines) is 1. The van der Waals surface area contributed by atoms with E-state index in [2.05, 4.69) is 17.3 Å². The van der Waals surface area contributed by atoms with Gasteiger partial charge in [-0.1, -0.05) is 0 Å². The summed E-state index contributed by atoms with van der Waals surface area (Å²) in [7, 11) is 2.08. The largest absolute Gasteiger partial charge is 0.394 e. The Bertz CT molecular complexity index is 160. The fourth-order valence-corrected chi connectivity index (χ4v) is 1.69. The molecule has 0 amide bonds. The maximum absolute atomic E-state index is 9.08. The van der Waals surface area contributed by atoms with E-state index in [1.165, 1.54) is 0 Å². The Morgan fingerprint density at radius 1 is 1.46 bits per heavy atom. The number of aliphatic hydroxyl groups excluding tert-OH is 2. The normalized spacial score (nSPS) is 25.4. The van der Waals surface area contributed by atoms with Crippen LogP contribution in [0.5, 0.6) is 0 Å². The lowest BCUT2D eigenvalue weighted by atomic mass is 10.0. The van der Waals surface area contributed by atoms with Gasteiger partial charge in [-0.2, -0.15) is 0 Å². The van der Waals surface area contributed by atoms with Gasteiger partial charge in [0, 0.05) is 12.6 Å². The first kappa shape index (κ1) is 10.9. The van der Waals surface area contributed by atoms with Crippen molar-refractivity contribution >= 4 is 0 Å². The maximum Gasteiger partial charge on any atom is 0.0633 e. The van der Waals surface area contributed by atoms with E-state index in [9.17, 15) is 0 Å². The van der Waals surface area contributed by atoms with Crippen LogP contribution in [0.4, 0.5) is 0 Å². The van der Waals surface area contributed by atoms with Crippen molar-refractivity contribution in [3.8, 4) is 0 Å². The van der Waals surface area contributed by atoms with E-state index in [-0.39, 0.29) is 13.2 Å². The van der Waals surface area contributed by atoms with Crippen LogP contribution in [0.1, 0.15) is 13.3 Å². The van der Waals surface area contributed by atoms with E-state index < -0.39 is 5.54 Å². The summed E-state index contributed by atoms with van der Waals surface area (Å²) >= 11 is 0. The summed E-state index contributed by atoms with van der Waals surface area (Å²) in [4.78, 5) is 2.24. The first-order chi connectivity index (χ1) is 6.09. The molecule has 1 unspecified atom stereocenters. The lowest BCUT2D eigenvalue weighted by molar-refractivity contribution is 0.0948. The predicted molar refractivity (Wildman–Crippen MR) is 51.6 cm³/mol. The molecule has 0 bridgehead atoms. The number of hydrogen-bond donors (Lipinski definition) is 3. The number of rotatable bonds is 4. The molecule has 0 aromatic rings. The van der Waals surface area contributed by atoms with Crippen LogP contribution in [0.25, 0.3) is 0 Å². The Hall–Kier alpha value is -0.160. The Labute approximate surface area is 79.6 Å². The highest BCUT2D eigenvalue weighted by atomic mass is 16.3. The molecule has 1 aliphatic heterocycles. The van der Waals surface area contributed by atoms with E-state index in [1.807, 2.05) is 6.92 Å². The SMILES string of the molecule is CN1CCC(NC(C)(CO)CO)C1. The standard InChI is InChI=1S/C9H20N2O2/c1-9(6-12,7-13)10-8-3-4-11(2)5-8/h8,10,12-13H,3-7H2,1-2H3. The van der Waals surface area contributed by atoms with Crippen molar-refractivity contribution in [3.63, 3.8) is 0 Å². The Kier molecular flexibility index (Phi) is 3.67. The quantitative estimate of drug-likeness (QED) is 0.531. The van der Waals surface area contributed by atoms with Crippen molar-refractivity contribution in [2.24, 2.45) is 0 Å². The van der Waals surface area contributed by atoms with Gasteiger partial charge < -0.3 is 20.4 Å². The first-order valence-electron chi connectivity index (χ1n) is 4.77. The number of nitrogens with zero attached hydrogens (tertiary/aromatic N) is 1. The molecule has 1 saturated heterocycles. The van der Waals surface area contributed by atoms with Gasteiger partial charge in [-0.05, 0) is 26.9 Å². The summed E-state index contributed by atoms with van der Waals surface area (Å²) in [5.41, 5.74) is -0.532. The molecular formula is C9H20N2O2. The average Bonchev–Trinajstić information content (AvgIpc) is 2.51. The number of aliphatic hydroxyl groups is 2. The van der Waals surface area contributed by atoms with E-state index >= 15 is 0 Å². The monoisotopic (exact) mass is 188 g/mol. The zero-order valence-electron chi connectivity index (χ0n) is 8.45. The molecule has 0 aliphatic carbocycles. The number of likely N-dealkylation sites (N-methyl/N-ethyl adjacent to an activating group) is 1. The fraction of sp³-hybridized carbons (Fsp3) is 1.00. The van der Waals surface area contributed by atoms with Crippen LogP contribution in [0.2, 0.25) is 0 Å². The number of nitrogens with one attached hydrogen (secondary N) is 1. The molecule has 78 valence electrons. The molecule has 4 nitrogen and oxygen atoms in total. The van der Waals surface area contributed by atoms with E-state index in [4.69, 9.17) is 10.2 Å². The van der Waals surface area contributed by atoms with Gasteiger partial charge in [0.2, 0.25) is 0 Å². The smallest absolute Gasteiger partial charge is 0.0633 e. The van der Waals surface area contributed by atoms with Crippen LogP contribution in [0, 0.1) is 0 Å². The lowest BCUT2D eigenvalue weighted by Gasteiger charge is -2.30. The average molecular weight is 188 g/mol. The summed E-state index contributed by atoms with van der Waals surface area (Å²) in [5.74, 6) is 0. The number of hydrogen-bond acceptors (Lipinski definition) is 4. The molecule has 0 aromatic carbocycles. The van der Waals surface area contributed by atoms with E-state index in [0.717, 1.165) is 19.5 Å². The molecule has 1 fully saturated rings. The third-order valence-electron chi connectivity index (χ3n) is 2.64. The Morgan fingerprint density at radius 2 is 2.08 bits per heavy atom. The van der Waals surface area contributed by atoms with Gasteiger partial charge in [-0.3, -0.25) is 0 Å². The van der Waals surface area contributed by atoms with Gasteiger partial charge in [0.25, 0.3) is 0 Å². The molecule has 1 heterocycles. The molecule has 3 N–H and O–H groups in total. The second-order valence-electron chi connectivity index (χ2n) is 4.27. The highest BCUT2D eigenvalue weighted by Crippen LogP contribution is 2.11. The van der Waals surface area contributed by atoms with Crippen LogP contribution in [0.15, 0.2) is 0 Å². The highest BCUT2D eigenvalue weighted by molar-refractivity contribution is 4.89. The molecule has 1 aliphatic rings. The van der Waals surface area contributed by atoms with Gasteiger partial charge in [-0.15, -0.1) is 0 Å². The molecule has 0 saturated carbocycles. The van der Waals surface area contributed by atoms with Crippen molar-refractivity contribution in [1.82, 2.24) is 10.2 Å². The van der Waals surface area contributed by atoms with Gasteiger partial charge in [0.1, 0.15) is 0 Å². The Balaban J connectivity index is 2.38. The zero-order chi connectivity index (χ0) is 9.90. The molecule has 0 spiro atoms. The van der Waals surface area contributed by atoms with Crippen molar-refractivity contribution in [1.29, 1.82) is 0 Å². The van der Waals surface area contributed by atoms with Crippen molar-refractivity contribution < 1.29 is 10.2 Å². The molecule has 1 atom stereocenters. The van der Waals surface area contributed by atoms with Gasteiger partial charge in [-0.25, -0.2) is 0 Å².